The Labute approximate surface area is 110 Å². The van der Waals surface area contributed by atoms with E-state index >= 15 is 0 Å². The summed E-state index contributed by atoms with van der Waals surface area (Å²) in [6.45, 7) is 4.46. The van der Waals surface area contributed by atoms with Crippen LogP contribution in [0.3, 0.4) is 0 Å². The van der Waals surface area contributed by atoms with E-state index in [9.17, 15) is 0 Å². The van der Waals surface area contributed by atoms with Crippen molar-refractivity contribution in [3.8, 4) is 6.07 Å². The predicted octanol–water partition coefficient (Wildman–Crippen LogP) is 3.91. The van der Waals surface area contributed by atoms with Crippen molar-refractivity contribution in [1.29, 1.82) is 5.26 Å². The number of benzene rings is 1. The van der Waals surface area contributed by atoms with Gasteiger partial charge in [0.05, 0.1) is 6.07 Å². The van der Waals surface area contributed by atoms with E-state index in [0.29, 0.717) is 0 Å². The third kappa shape index (κ3) is 3.13. The third-order valence-corrected chi connectivity index (χ3v) is 3.56. The second-order valence-electron chi connectivity index (χ2n) is 4.90. The van der Waals surface area contributed by atoms with Crippen molar-refractivity contribution in [3.63, 3.8) is 0 Å². The van der Waals surface area contributed by atoms with Gasteiger partial charge in [0, 0.05) is 24.9 Å². The Hall–Kier alpha value is -1.75. The van der Waals surface area contributed by atoms with Gasteiger partial charge in [-0.2, -0.15) is 5.26 Å². The summed E-state index contributed by atoms with van der Waals surface area (Å²) in [7, 11) is 0. The van der Waals surface area contributed by atoms with E-state index in [2.05, 4.69) is 30.0 Å². The molecule has 0 N–H and O–H groups in total. The highest BCUT2D eigenvalue weighted by Gasteiger charge is 2.10. The smallest absolute Gasteiger partial charge is 0.0912 e. The van der Waals surface area contributed by atoms with Gasteiger partial charge in [-0.15, -0.1) is 0 Å². The standard InChI is InChI=1S/C16H20N2/c1-14-13-16(9-8-15(14)7-6-10-17)18-11-4-2-3-5-12-18/h6-9,13H,2-5,11-12H2,1H3. The fourth-order valence-corrected chi connectivity index (χ4v) is 2.50. The van der Waals surface area contributed by atoms with Gasteiger partial charge in [0.25, 0.3) is 0 Å². The summed E-state index contributed by atoms with van der Waals surface area (Å²) in [5.74, 6) is 0. The van der Waals surface area contributed by atoms with Crippen LogP contribution >= 0.6 is 0 Å². The van der Waals surface area contributed by atoms with Gasteiger partial charge in [-0.3, -0.25) is 0 Å². The zero-order valence-corrected chi connectivity index (χ0v) is 11.0. The van der Waals surface area contributed by atoms with Gasteiger partial charge in [0.1, 0.15) is 0 Å². The van der Waals surface area contributed by atoms with Gasteiger partial charge in [-0.05, 0) is 49.1 Å². The number of nitrogens with zero attached hydrogens (tertiary/aromatic N) is 2. The van der Waals surface area contributed by atoms with E-state index in [-0.39, 0.29) is 0 Å². The van der Waals surface area contributed by atoms with Crippen molar-refractivity contribution in [2.24, 2.45) is 0 Å². The first kappa shape index (κ1) is 12.7. The van der Waals surface area contributed by atoms with E-state index in [1.54, 1.807) is 0 Å². The summed E-state index contributed by atoms with van der Waals surface area (Å²) in [5.41, 5.74) is 3.70. The van der Waals surface area contributed by atoms with Crippen LogP contribution < -0.4 is 4.90 Å². The molecule has 1 saturated heterocycles. The molecule has 18 heavy (non-hydrogen) atoms. The second kappa shape index (κ2) is 6.26. The summed E-state index contributed by atoms with van der Waals surface area (Å²) in [5, 5.41) is 8.56. The van der Waals surface area contributed by atoms with Crippen LogP contribution in [0.5, 0.6) is 0 Å². The van der Waals surface area contributed by atoms with Crippen molar-refractivity contribution in [1.82, 2.24) is 0 Å². The van der Waals surface area contributed by atoms with Crippen LogP contribution in [0.15, 0.2) is 24.3 Å². The molecule has 0 radical (unpaired) electrons. The minimum Gasteiger partial charge on any atom is -0.372 e. The molecule has 1 aliphatic rings. The summed E-state index contributed by atoms with van der Waals surface area (Å²) in [6.07, 6.45) is 8.73. The number of anilines is 1. The molecule has 2 rings (SSSR count). The minimum absolute atomic E-state index is 1.13. The van der Waals surface area contributed by atoms with Gasteiger partial charge < -0.3 is 4.90 Å². The molecular formula is C16H20N2. The summed E-state index contributed by atoms with van der Waals surface area (Å²) in [6, 6.07) is 8.57. The molecule has 0 atom stereocenters. The lowest BCUT2D eigenvalue weighted by molar-refractivity contribution is 0.726. The number of hydrogen-bond acceptors (Lipinski definition) is 2. The van der Waals surface area contributed by atoms with Gasteiger partial charge in [-0.1, -0.05) is 18.9 Å². The Kier molecular flexibility index (Phi) is 4.41. The Balaban J connectivity index is 2.17. The fraction of sp³-hybridized carbons (Fsp3) is 0.438. The molecule has 1 heterocycles. The number of nitriles is 1. The van der Waals surface area contributed by atoms with Crippen LogP contribution in [-0.4, -0.2) is 13.1 Å². The van der Waals surface area contributed by atoms with E-state index in [1.165, 1.54) is 56.1 Å². The molecule has 0 amide bonds. The Morgan fingerprint density at radius 1 is 1.17 bits per heavy atom. The average molecular weight is 240 g/mol. The van der Waals surface area contributed by atoms with Crippen molar-refractivity contribution in [2.75, 3.05) is 18.0 Å². The molecule has 1 aromatic carbocycles. The maximum absolute atomic E-state index is 8.56. The van der Waals surface area contributed by atoms with E-state index in [1.807, 2.05) is 12.1 Å². The molecule has 94 valence electrons. The Bertz CT molecular complexity index is 460. The molecule has 0 spiro atoms. The molecule has 0 saturated carbocycles. The molecule has 0 bridgehead atoms. The molecule has 1 aliphatic heterocycles. The predicted molar refractivity (Wildman–Crippen MR) is 76.5 cm³/mol. The highest BCUT2D eigenvalue weighted by Crippen LogP contribution is 2.23. The van der Waals surface area contributed by atoms with Crippen molar-refractivity contribution in [3.05, 3.63) is 35.4 Å². The third-order valence-electron chi connectivity index (χ3n) is 3.56. The van der Waals surface area contributed by atoms with Crippen LogP contribution in [0.2, 0.25) is 0 Å². The lowest BCUT2D eigenvalue weighted by Gasteiger charge is -2.23. The van der Waals surface area contributed by atoms with Crippen LogP contribution in [0.25, 0.3) is 6.08 Å². The molecule has 1 fully saturated rings. The van der Waals surface area contributed by atoms with E-state index in [0.717, 1.165) is 5.56 Å². The second-order valence-corrected chi connectivity index (χ2v) is 4.90. The fourth-order valence-electron chi connectivity index (χ4n) is 2.50. The van der Waals surface area contributed by atoms with Crippen molar-refractivity contribution in [2.45, 2.75) is 32.6 Å². The molecule has 0 aromatic heterocycles. The Morgan fingerprint density at radius 2 is 1.89 bits per heavy atom. The van der Waals surface area contributed by atoms with Crippen molar-refractivity contribution < 1.29 is 0 Å². The first-order chi connectivity index (χ1) is 8.81. The number of rotatable bonds is 2. The first-order valence-corrected chi connectivity index (χ1v) is 6.73. The SMILES string of the molecule is Cc1cc(N2CCCCCC2)ccc1C=CC#N. The lowest BCUT2D eigenvalue weighted by Crippen LogP contribution is -2.23. The molecule has 1 aromatic rings. The van der Waals surface area contributed by atoms with Gasteiger partial charge in [-0.25, -0.2) is 0 Å². The number of allylic oxidation sites excluding steroid dienone is 1. The number of aryl methyl sites for hydroxylation is 1. The zero-order chi connectivity index (χ0) is 12.8. The van der Waals surface area contributed by atoms with Crippen LogP contribution in [0, 0.1) is 18.3 Å². The Morgan fingerprint density at radius 3 is 2.50 bits per heavy atom. The lowest BCUT2D eigenvalue weighted by atomic mass is 10.1. The van der Waals surface area contributed by atoms with Gasteiger partial charge in [0.15, 0.2) is 0 Å². The zero-order valence-electron chi connectivity index (χ0n) is 11.0. The van der Waals surface area contributed by atoms with Crippen LogP contribution in [-0.2, 0) is 0 Å². The van der Waals surface area contributed by atoms with Crippen LogP contribution in [0.1, 0.15) is 36.8 Å². The molecule has 0 aliphatic carbocycles. The first-order valence-electron chi connectivity index (χ1n) is 6.73. The molecule has 2 heteroatoms. The highest BCUT2D eigenvalue weighted by atomic mass is 15.1. The maximum Gasteiger partial charge on any atom is 0.0912 e. The summed E-state index contributed by atoms with van der Waals surface area (Å²) >= 11 is 0. The minimum atomic E-state index is 1.13. The summed E-state index contributed by atoms with van der Waals surface area (Å²) < 4.78 is 0. The molecule has 2 nitrogen and oxygen atoms in total. The topological polar surface area (TPSA) is 27.0 Å². The van der Waals surface area contributed by atoms with Gasteiger partial charge >= 0.3 is 0 Å². The number of hydrogen-bond donors (Lipinski definition) is 0. The average Bonchev–Trinajstić information content (AvgIpc) is 2.66. The molecular weight excluding hydrogens is 220 g/mol. The van der Waals surface area contributed by atoms with Crippen LogP contribution in [0.4, 0.5) is 5.69 Å². The molecule has 0 unspecified atom stereocenters. The summed E-state index contributed by atoms with van der Waals surface area (Å²) in [4.78, 5) is 2.48. The monoisotopic (exact) mass is 240 g/mol. The van der Waals surface area contributed by atoms with Crippen molar-refractivity contribution >= 4 is 11.8 Å². The quantitative estimate of drug-likeness (QED) is 0.733. The van der Waals surface area contributed by atoms with Gasteiger partial charge in [0.2, 0.25) is 0 Å². The largest absolute Gasteiger partial charge is 0.372 e. The maximum atomic E-state index is 8.56. The van der Waals surface area contributed by atoms with E-state index < -0.39 is 0 Å². The van der Waals surface area contributed by atoms with E-state index in [4.69, 9.17) is 5.26 Å². The normalized spacial score (nSPS) is 16.6. The highest BCUT2D eigenvalue weighted by molar-refractivity contribution is 5.61.